The van der Waals surface area contributed by atoms with E-state index in [4.69, 9.17) is 9.47 Å². The Morgan fingerprint density at radius 3 is 2.08 bits per heavy atom. The Kier molecular flexibility index (Phi) is 13.3. The quantitative estimate of drug-likeness (QED) is 0.0903. The van der Waals surface area contributed by atoms with E-state index in [1.807, 2.05) is 30.6 Å². The summed E-state index contributed by atoms with van der Waals surface area (Å²) in [6, 6.07) is 12.6. The van der Waals surface area contributed by atoms with Crippen LogP contribution in [-0.2, 0) is 6.42 Å². The number of ether oxygens (including phenoxy) is 2. The molecule has 6 heteroatoms. The Hall–Kier alpha value is -2.73. The number of nitrogens with zero attached hydrogens (tertiary/aromatic N) is 2. The molecule has 0 aliphatic carbocycles. The maximum atomic E-state index is 12.7. The third-order valence-corrected chi connectivity index (χ3v) is 7.14. The molecule has 3 aromatic rings. The van der Waals surface area contributed by atoms with E-state index in [0.717, 1.165) is 28.6 Å². The normalized spacial score (nSPS) is 10.9. The van der Waals surface area contributed by atoms with Crippen LogP contribution in [0.5, 0.6) is 11.5 Å². The summed E-state index contributed by atoms with van der Waals surface area (Å²) in [5.41, 5.74) is 2.51. The molecule has 0 bridgehead atoms. The Morgan fingerprint density at radius 1 is 0.789 bits per heavy atom. The third-order valence-electron chi connectivity index (χ3n) is 6.52. The molecule has 1 aromatic heterocycles. The summed E-state index contributed by atoms with van der Waals surface area (Å²) in [5, 5.41) is 0. The molecule has 3 rings (SSSR count). The minimum Gasteiger partial charge on any atom is -0.492 e. The van der Waals surface area contributed by atoms with Crippen LogP contribution < -0.4 is 9.47 Å². The lowest BCUT2D eigenvalue weighted by atomic mass is 10.1. The molecule has 0 amide bonds. The van der Waals surface area contributed by atoms with Gasteiger partial charge in [-0.2, -0.15) is 0 Å². The van der Waals surface area contributed by atoms with Gasteiger partial charge in [-0.15, -0.1) is 0 Å². The standard InChI is InChI=1S/C32H41BrN2O3/c1-3-5-7-9-11-13-21-37-30-20-17-27(22-29(30)33)32(36)38-28-18-15-26(16-19-28)31-34-23-25(24-35-31)14-12-10-8-6-4-2/h15-20,22-24H,3-14,21H2,1-2H3. The van der Waals surface area contributed by atoms with E-state index in [-0.39, 0.29) is 0 Å². The number of rotatable bonds is 17. The number of halogens is 1. The van der Waals surface area contributed by atoms with E-state index < -0.39 is 5.97 Å². The maximum Gasteiger partial charge on any atom is 0.343 e. The molecule has 2 aromatic carbocycles. The molecule has 0 unspecified atom stereocenters. The maximum absolute atomic E-state index is 12.7. The first-order valence-electron chi connectivity index (χ1n) is 14.2. The Bertz CT molecular complexity index is 1100. The van der Waals surface area contributed by atoms with Gasteiger partial charge in [0.25, 0.3) is 0 Å². The third kappa shape index (κ3) is 10.2. The summed E-state index contributed by atoms with van der Waals surface area (Å²) in [5.74, 6) is 1.46. The number of esters is 1. The molecular weight excluding hydrogens is 540 g/mol. The van der Waals surface area contributed by atoms with E-state index in [0.29, 0.717) is 23.7 Å². The van der Waals surface area contributed by atoms with Crippen LogP contribution in [0.15, 0.2) is 59.3 Å². The van der Waals surface area contributed by atoms with Crippen molar-refractivity contribution in [3.8, 4) is 22.9 Å². The van der Waals surface area contributed by atoms with Crippen molar-refractivity contribution in [2.45, 2.75) is 90.9 Å². The molecule has 0 aliphatic heterocycles. The van der Waals surface area contributed by atoms with Crippen LogP contribution in [0.3, 0.4) is 0 Å². The second-order valence-electron chi connectivity index (χ2n) is 9.75. The summed E-state index contributed by atoms with van der Waals surface area (Å²) < 4.78 is 12.2. The van der Waals surface area contributed by atoms with Crippen molar-refractivity contribution in [2.24, 2.45) is 0 Å². The molecule has 38 heavy (non-hydrogen) atoms. The highest BCUT2D eigenvalue weighted by molar-refractivity contribution is 9.10. The highest BCUT2D eigenvalue weighted by Crippen LogP contribution is 2.27. The van der Waals surface area contributed by atoms with E-state index >= 15 is 0 Å². The topological polar surface area (TPSA) is 61.3 Å². The van der Waals surface area contributed by atoms with E-state index in [9.17, 15) is 4.79 Å². The summed E-state index contributed by atoms with van der Waals surface area (Å²) >= 11 is 3.52. The highest BCUT2D eigenvalue weighted by Gasteiger charge is 2.12. The SMILES string of the molecule is CCCCCCCCOc1ccc(C(=O)Oc2ccc(-c3ncc(CCCCCCC)cn3)cc2)cc1Br. The molecule has 0 saturated heterocycles. The van der Waals surface area contributed by atoms with E-state index in [1.165, 1.54) is 69.8 Å². The number of carbonyl (C=O) groups is 1. The molecule has 1 heterocycles. The first kappa shape index (κ1) is 29.8. The summed E-state index contributed by atoms with van der Waals surface area (Å²) in [7, 11) is 0. The van der Waals surface area contributed by atoms with Crippen LogP contribution in [0.25, 0.3) is 11.4 Å². The van der Waals surface area contributed by atoms with Crippen molar-refractivity contribution in [3.63, 3.8) is 0 Å². The molecule has 0 aliphatic rings. The number of carbonyl (C=O) groups excluding carboxylic acids is 1. The number of hydrogen-bond acceptors (Lipinski definition) is 5. The van der Waals surface area contributed by atoms with Crippen molar-refractivity contribution >= 4 is 21.9 Å². The Morgan fingerprint density at radius 2 is 1.42 bits per heavy atom. The molecule has 0 atom stereocenters. The van der Waals surface area contributed by atoms with Gasteiger partial charge in [-0.1, -0.05) is 71.6 Å². The fourth-order valence-electron chi connectivity index (χ4n) is 4.21. The van der Waals surface area contributed by atoms with Crippen LogP contribution in [0, 0.1) is 0 Å². The Balaban J connectivity index is 1.46. The molecule has 5 nitrogen and oxygen atoms in total. The molecule has 204 valence electrons. The number of unbranched alkanes of at least 4 members (excludes halogenated alkanes) is 9. The average molecular weight is 582 g/mol. The first-order chi connectivity index (χ1) is 18.6. The number of aromatic nitrogens is 2. The van der Waals surface area contributed by atoms with Gasteiger partial charge in [-0.25, -0.2) is 14.8 Å². The molecular formula is C32H41BrN2O3. The molecule has 0 radical (unpaired) electrons. The highest BCUT2D eigenvalue weighted by atomic mass is 79.9. The predicted molar refractivity (Wildman–Crippen MR) is 158 cm³/mol. The van der Waals surface area contributed by atoms with Crippen molar-refractivity contribution in [3.05, 3.63) is 70.5 Å². The summed E-state index contributed by atoms with van der Waals surface area (Å²) in [4.78, 5) is 21.7. The second-order valence-corrected chi connectivity index (χ2v) is 10.6. The number of aryl methyl sites for hydroxylation is 1. The molecule has 0 saturated carbocycles. The van der Waals surface area contributed by atoms with Gasteiger partial charge < -0.3 is 9.47 Å². The number of benzene rings is 2. The molecule has 0 spiro atoms. The lowest BCUT2D eigenvalue weighted by Gasteiger charge is -2.10. The lowest BCUT2D eigenvalue weighted by Crippen LogP contribution is -2.09. The minimum absolute atomic E-state index is 0.416. The monoisotopic (exact) mass is 580 g/mol. The van der Waals surface area contributed by atoms with Crippen LogP contribution in [0.1, 0.15) is 100 Å². The van der Waals surface area contributed by atoms with Gasteiger partial charge in [0.2, 0.25) is 0 Å². The van der Waals surface area contributed by atoms with Crippen LogP contribution in [0.4, 0.5) is 0 Å². The van der Waals surface area contributed by atoms with Crippen molar-refractivity contribution < 1.29 is 14.3 Å². The van der Waals surface area contributed by atoms with Gasteiger partial charge in [-0.3, -0.25) is 0 Å². The average Bonchev–Trinajstić information content (AvgIpc) is 2.94. The first-order valence-corrected chi connectivity index (χ1v) is 15.0. The van der Waals surface area contributed by atoms with Gasteiger partial charge in [0.1, 0.15) is 11.5 Å². The van der Waals surface area contributed by atoms with Gasteiger partial charge in [-0.05, 0) is 83.2 Å². The van der Waals surface area contributed by atoms with Gasteiger partial charge in [0.15, 0.2) is 5.82 Å². The minimum atomic E-state index is -0.416. The van der Waals surface area contributed by atoms with Crippen molar-refractivity contribution in [2.75, 3.05) is 6.61 Å². The van der Waals surface area contributed by atoms with Gasteiger partial charge >= 0.3 is 5.97 Å². The zero-order valence-electron chi connectivity index (χ0n) is 22.9. The van der Waals surface area contributed by atoms with Crippen LogP contribution >= 0.6 is 15.9 Å². The Labute approximate surface area is 236 Å². The van der Waals surface area contributed by atoms with Gasteiger partial charge in [0.05, 0.1) is 16.6 Å². The fraction of sp³-hybridized carbons (Fsp3) is 0.469. The second kappa shape index (κ2) is 17.0. The summed E-state index contributed by atoms with van der Waals surface area (Å²) in [6.07, 6.45) is 18.4. The predicted octanol–water partition coefficient (Wildman–Crippen LogP) is 9.38. The van der Waals surface area contributed by atoms with Gasteiger partial charge in [0, 0.05) is 18.0 Å². The van der Waals surface area contributed by atoms with E-state index in [1.54, 1.807) is 24.3 Å². The van der Waals surface area contributed by atoms with Crippen LogP contribution in [-0.4, -0.2) is 22.5 Å². The zero-order valence-corrected chi connectivity index (χ0v) is 24.5. The smallest absolute Gasteiger partial charge is 0.343 e. The largest absolute Gasteiger partial charge is 0.492 e. The number of hydrogen-bond donors (Lipinski definition) is 0. The zero-order chi connectivity index (χ0) is 27.0. The molecule has 0 fully saturated rings. The van der Waals surface area contributed by atoms with Crippen molar-refractivity contribution in [1.82, 2.24) is 9.97 Å². The summed E-state index contributed by atoms with van der Waals surface area (Å²) in [6.45, 7) is 5.13. The fourth-order valence-corrected chi connectivity index (χ4v) is 4.71. The van der Waals surface area contributed by atoms with Crippen molar-refractivity contribution in [1.29, 1.82) is 0 Å². The lowest BCUT2D eigenvalue weighted by molar-refractivity contribution is 0.0734. The van der Waals surface area contributed by atoms with E-state index in [2.05, 4.69) is 39.7 Å². The molecule has 0 N–H and O–H groups in total. The van der Waals surface area contributed by atoms with Crippen LogP contribution in [0.2, 0.25) is 0 Å².